The monoisotopic (exact) mass is 341 g/mol. The number of hydrogen-bond donors (Lipinski definition) is 1. The van der Waals surface area contributed by atoms with E-state index in [4.69, 9.17) is 0 Å². The Morgan fingerprint density at radius 2 is 1.83 bits per heavy atom. The summed E-state index contributed by atoms with van der Waals surface area (Å²) in [7, 11) is 0. The van der Waals surface area contributed by atoms with E-state index in [9.17, 15) is 18.0 Å². The molecule has 2 aliphatic heterocycles. The van der Waals surface area contributed by atoms with Gasteiger partial charge >= 0.3 is 12.2 Å². The van der Waals surface area contributed by atoms with E-state index in [1.807, 2.05) is 30.3 Å². The maximum absolute atomic E-state index is 13.1. The number of rotatable bonds is 3. The Morgan fingerprint density at radius 1 is 1.21 bits per heavy atom. The SMILES string of the molecule is CC(N1C(=O)NCC12CCN(Cc1ccccc1)CC2)C(F)(F)F. The van der Waals surface area contributed by atoms with Crippen LogP contribution in [0.4, 0.5) is 18.0 Å². The molecule has 1 aromatic carbocycles. The number of alkyl halides is 3. The van der Waals surface area contributed by atoms with E-state index in [2.05, 4.69) is 10.2 Å². The third-order valence-electron chi connectivity index (χ3n) is 5.20. The Hall–Kier alpha value is -1.76. The zero-order valence-electron chi connectivity index (χ0n) is 13.6. The average Bonchev–Trinajstić information content (AvgIpc) is 2.86. The minimum absolute atomic E-state index is 0.297. The lowest BCUT2D eigenvalue weighted by atomic mass is 9.85. The van der Waals surface area contributed by atoms with Gasteiger partial charge < -0.3 is 10.2 Å². The Balaban J connectivity index is 1.68. The van der Waals surface area contributed by atoms with Gasteiger partial charge in [-0.3, -0.25) is 4.90 Å². The third kappa shape index (κ3) is 3.22. The van der Waals surface area contributed by atoms with Gasteiger partial charge in [0, 0.05) is 26.2 Å². The van der Waals surface area contributed by atoms with Crippen LogP contribution in [0.3, 0.4) is 0 Å². The highest BCUT2D eigenvalue weighted by atomic mass is 19.4. The van der Waals surface area contributed by atoms with E-state index >= 15 is 0 Å². The van der Waals surface area contributed by atoms with Gasteiger partial charge in [-0.05, 0) is 25.3 Å². The lowest BCUT2D eigenvalue weighted by Gasteiger charge is -2.46. The highest BCUT2D eigenvalue weighted by Crippen LogP contribution is 2.38. The van der Waals surface area contributed by atoms with Crippen LogP contribution in [0, 0.1) is 0 Å². The number of nitrogens with one attached hydrogen (secondary N) is 1. The molecule has 1 aromatic rings. The molecule has 2 fully saturated rings. The maximum atomic E-state index is 13.1. The summed E-state index contributed by atoms with van der Waals surface area (Å²) in [5.41, 5.74) is 0.466. The zero-order chi connectivity index (χ0) is 17.4. The molecule has 1 spiro atoms. The summed E-state index contributed by atoms with van der Waals surface area (Å²) in [5, 5.41) is 2.62. The van der Waals surface area contributed by atoms with Crippen LogP contribution < -0.4 is 5.32 Å². The van der Waals surface area contributed by atoms with Crippen LogP contribution in [0.5, 0.6) is 0 Å². The lowest BCUT2D eigenvalue weighted by Crippen LogP contribution is -2.59. The molecule has 2 aliphatic rings. The van der Waals surface area contributed by atoms with Crippen molar-refractivity contribution < 1.29 is 18.0 Å². The number of benzene rings is 1. The molecule has 0 saturated carbocycles. The molecule has 4 nitrogen and oxygen atoms in total. The van der Waals surface area contributed by atoms with Gasteiger partial charge in [-0.2, -0.15) is 13.2 Å². The van der Waals surface area contributed by atoms with E-state index in [-0.39, 0.29) is 0 Å². The Kier molecular flexibility index (Phi) is 4.46. The van der Waals surface area contributed by atoms with Gasteiger partial charge in [0.15, 0.2) is 0 Å². The Labute approximate surface area is 139 Å². The van der Waals surface area contributed by atoms with Crippen LogP contribution in [-0.4, -0.2) is 53.2 Å². The molecular formula is C17H22F3N3O. The van der Waals surface area contributed by atoms with Gasteiger partial charge in [-0.1, -0.05) is 30.3 Å². The van der Waals surface area contributed by atoms with Crippen LogP contribution in [0.15, 0.2) is 30.3 Å². The van der Waals surface area contributed by atoms with Crippen molar-refractivity contribution in [1.29, 1.82) is 0 Å². The molecule has 0 aromatic heterocycles. The molecule has 1 N–H and O–H groups in total. The molecule has 7 heteroatoms. The van der Waals surface area contributed by atoms with Crippen LogP contribution in [0.1, 0.15) is 25.3 Å². The fourth-order valence-corrected chi connectivity index (χ4v) is 3.75. The van der Waals surface area contributed by atoms with E-state index in [1.165, 1.54) is 5.56 Å². The summed E-state index contributed by atoms with van der Waals surface area (Å²) < 4.78 is 39.4. The fraction of sp³-hybridized carbons (Fsp3) is 0.588. The van der Waals surface area contributed by atoms with Gasteiger partial charge in [0.1, 0.15) is 6.04 Å². The first-order valence-corrected chi connectivity index (χ1v) is 8.22. The van der Waals surface area contributed by atoms with Gasteiger partial charge in [-0.25, -0.2) is 4.79 Å². The number of urea groups is 1. The van der Waals surface area contributed by atoms with Crippen molar-refractivity contribution in [3.05, 3.63) is 35.9 Å². The van der Waals surface area contributed by atoms with Crippen molar-refractivity contribution >= 4 is 6.03 Å². The first-order valence-electron chi connectivity index (χ1n) is 8.22. The summed E-state index contributed by atoms with van der Waals surface area (Å²) >= 11 is 0. The zero-order valence-corrected chi connectivity index (χ0v) is 13.6. The molecule has 2 amide bonds. The average molecular weight is 341 g/mol. The van der Waals surface area contributed by atoms with Crippen molar-refractivity contribution in [2.45, 2.75) is 44.1 Å². The molecule has 132 valence electrons. The van der Waals surface area contributed by atoms with Gasteiger partial charge in [0.2, 0.25) is 0 Å². The number of carbonyl (C=O) groups excluding carboxylic acids is 1. The Morgan fingerprint density at radius 3 is 2.42 bits per heavy atom. The molecular weight excluding hydrogens is 319 g/mol. The number of halogens is 3. The molecule has 24 heavy (non-hydrogen) atoms. The van der Waals surface area contributed by atoms with Gasteiger partial charge in [-0.15, -0.1) is 0 Å². The van der Waals surface area contributed by atoms with E-state index in [0.29, 0.717) is 32.5 Å². The number of carbonyl (C=O) groups is 1. The van der Waals surface area contributed by atoms with Crippen LogP contribution in [0.25, 0.3) is 0 Å². The van der Waals surface area contributed by atoms with E-state index in [1.54, 1.807) is 0 Å². The summed E-state index contributed by atoms with van der Waals surface area (Å²) in [6.45, 7) is 3.53. The predicted octanol–water partition coefficient (Wildman–Crippen LogP) is 3.00. The topological polar surface area (TPSA) is 35.6 Å². The molecule has 2 heterocycles. The smallest absolute Gasteiger partial charge is 0.336 e. The van der Waals surface area contributed by atoms with Crippen molar-refractivity contribution in [1.82, 2.24) is 15.1 Å². The maximum Gasteiger partial charge on any atom is 0.408 e. The largest absolute Gasteiger partial charge is 0.408 e. The molecule has 1 atom stereocenters. The van der Waals surface area contributed by atoms with E-state index in [0.717, 1.165) is 18.4 Å². The van der Waals surface area contributed by atoms with E-state index < -0.39 is 23.8 Å². The summed E-state index contributed by atoms with van der Waals surface area (Å²) in [6, 6.07) is 7.64. The fourth-order valence-electron chi connectivity index (χ4n) is 3.75. The highest BCUT2D eigenvalue weighted by molar-refractivity contribution is 5.78. The second-order valence-electron chi connectivity index (χ2n) is 6.73. The predicted molar refractivity (Wildman–Crippen MR) is 84.4 cm³/mol. The van der Waals surface area contributed by atoms with Crippen LogP contribution >= 0.6 is 0 Å². The number of hydrogen-bond acceptors (Lipinski definition) is 2. The van der Waals surface area contributed by atoms with Crippen LogP contribution in [0.2, 0.25) is 0 Å². The molecule has 2 saturated heterocycles. The molecule has 3 rings (SSSR count). The third-order valence-corrected chi connectivity index (χ3v) is 5.20. The number of likely N-dealkylation sites (tertiary alicyclic amines) is 1. The van der Waals surface area contributed by atoms with Crippen molar-refractivity contribution in [3.8, 4) is 0 Å². The van der Waals surface area contributed by atoms with Gasteiger partial charge in [0.25, 0.3) is 0 Å². The van der Waals surface area contributed by atoms with Gasteiger partial charge in [0.05, 0.1) is 5.54 Å². The first-order chi connectivity index (χ1) is 11.3. The number of amides is 2. The molecule has 0 bridgehead atoms. The molecule has 0 aliphatic carbocycles. The summed E-state index contributed by atoms with van der Waals surface area (Å²) in [5.74, 6) is 0. The van der Waals surface area contributed by atoms with Crippen molar-refractivity contribution in [2.75, 3.05) is 19.6 Å². The van der Waals surface area contributed by atoms with Crippen molar-refractivity contribution in [2.24, 2.45) is 0 Å². The Bertz CT molecular complexity index is 582. The standard InChI is InChI=1S/C17H22F3N3O/c1-13(17(18,19)20)23-15(24)21-12-16(23)7-9-22(10-8-16)11-14-5-3-2-4-6-14/h2-6,13H,7-12H2,1H3,(H,21,24). The van der Waals surface area contributed by atoms with Crippen LogP contribution in [-0.2, 0) is 6.54 Å². The second-order valence-corrected chi connectivity index (χ2v) is 6.73. The lowest BCUT2D eigenvalue weighted by molar-refractivity contribution is -0.182. The summed E-state index contributed by atoms with van der Waals surface area (Å²) in [6.07, 6.45) is -3.30. The molecule has 1 unspecified atom stereocenters. The first kappa shape index (κ1) is 17.1. The normalized spacial score (nSPS) is 22.7. The highest BCUT2D eigenvalue weighted by Gasteiger charge is 2.54. The minimum Gasteiger partial charge on any atom is -0.336 e. The minimum atomic E-state index is -4.41. The molecule has 0 radical (unpaired) electrons. The summed E-state index contributed by atoms with van der Waals surface area (Å²) in [4.78, 5) is 15.3. The number of piperidine rings is 1. The number of nitrogens with zero attached hydrogens (tertiary/aromatic N) is 2. The second kappa shape index (κ2) is 6.27. The van der Waals surface area contributed by atoms with Crippen molar-refractivity contribution in [3.63, 3.8) is 0 Å². The quantitative estimate of drug-likeness (QED) is 0.917.